The largest absolute Gasteiger partial charge is 0.497 e. The quantitative estimate of drug-likeness (QED) is 0.0919. The molecule has 2 heterocycles. The van der Waals surface area contributed by atoms with E-state index < -0.39 is 17.9 Å². The molecule has 3 N–H and O–H groups in total. The van der Waals surface area contributed by atoms with E-state index in [0.29, 0.717) is 36.5 Å². The van der Waals surface area contributed by atoms with Gasteiger partial charge in [-0.2, -0.15) is 5.26 Å². The van der Waals surface area contributed by atoms with Gasteiger partial charge in [0.05, 0.1) is 33.4 Å². The molecule has 0 spiro atoms. The van der Waals surface area contributed by atoms with Crippen molar-refractivity contribution in [2.75, 3.05) is 20.8 Å². The molecule has 0 saturated heterocycles. The zero-order valence-corrected chi connectivity index (χ0v) is 29.0. The number of carbonyl (C=O) groups excluding carboxylic acids is 2. The maximum Gasteiger partial charge on any atom is 0.262 e. The molecule has 6 aromatic rings. The average Bonchev–Trinajstić information content (AvgIpc) is 3.79. The van der Waals surface area contributed by atoms with Crippen LogP contribution in [0.5, 0.6) is 11.5 Å². The van der Waals surface area contributed by atoms with Gasteiger partial charge in [0, 0.05) is 29.9 Å². The summed E-state index contributed by atoms with van der Waals surface area (Å²) in [5, 5.41) is 25.8. The molecular weight excluding hydrogens is 654 g/mol. The van der Waals surface area contributed by atoms with Crippen molar-refractivity contribution < 1.29 is 19.1 Å². The van der Waals surface area contributed by atoms with Crippen molar-refractivity contribution in [1.29, 1.82) is 5.26 Å². The SMILES string of the molecule is COc1ccc(/C=C(\C#N)C(=O)NCC(=O)N[C@H](Cc2c[nH]c3ccccc23)c2nnc(CCc3ccccc3)n2Cc2ccc(OC)cc2)cc1. The van der Waals surface area contributed by atoms with Gasteiger partial charge in [0.25, 0.3) is 5.91 Å². The highest BCUT2D eigenvalue weighted by molar-refractivity contribution is 6.03. The predicted molar refractivity (Wildman–Crippen MR) is 198 cm³/mol. The Hall–Kier alpha value is -6.67. The van der Waals surface area contributed by atoms with Gasteiger partial charge < -0.3 is 29.7 Å². The first-order valence-corrected chi connectivity index (χ1v) is 16.9. The van der Waals surface area contributed by atoms with E-state index >= 15 is 0 Å². The lowest BCUT2D eigenvalue weighted by Crippen LogP contribution is -2.40. The third-order valence-electron chi connectivity index (χ3n) is 8.78. The van der Waals surface area contributed by atoms with Crippen LogP contribution in [0.4, 0.5) is 0 Å². The van der Waals surface area contributed by atoms with Crippen molar-refractivity contribution in [2.24, 2.45) is 0 Å². The van der Waals surface area contributed by atoms with Crippen molar-refractivity contribution in [1.82, 2.24) is 30.4 Å². The summed E-state index contributed by atoms with van der Waals surface area (Å²) in [6.07, 6.45) is 5.21. The standard InChI is InChI=1S/C41H39N7O4/c1-51-33-17-12-29(13-18-33)22-31(24-42)41(50)44-26-39(49)45-37(23-32-25-43-36-11-7-6-10-35(32)36)40-47-46-38(21-16-28-8-4-3-5-9-28)48(40)27-30-14-19-34(52-2)20-15-30/h3-15,17-20,22,25,37,43H,16,21,23,26-27H2,1-2H3,(H,44,50)(H,45,49)/b31-22+/t37-/m1/s1. The third kappa shape index (κ3) is 8.73. The number of amides is 2. The number of aromatic amines is 1. The first-order chi connectivity index (χ1) is 25.4. The molecule has 0 aliphatic carbocycles. The van der Waals surface area contributed by atoms with Gasteiger partial charge in [-0.15, -0.1) is 10.2 Å². The molecule has 0 fully saturated rings. The first-order valence-electron chi connectivity index (χ1n) is 16.9. The third-order valence-corrected chi connectivity index (χ3v) is 8.78. The summed E-state index contributed by atoms with van der Waals surface area (Å²) in [5.74, 6) is 1.67. The number of H-pyrrole nitrogens is 1. The van der Waals surface area contributed by atoms with Crippen LogP contribution < -0.4 is 20.1 Å². The molecule has 6 rings (SSSR count). The van der Waals surface area contributed by atoms with Crippen LogP contribution in [-0.4, -0.2) is 52.3 Å². The number of para-hydroxylation sites is 1. The topological polar surface area (TPSA) is 147 Å². The summed E-state index contributed by atoms with van der Waals surface area (Å²) in [6.45, 7) is 0.119. The van der Waals surface area contributed by atoms with Crippen molar-refractivity contribution in [3.8, 4) is 17.6 Å². The molecule has 0 aliphatic heterocycles. The Morgan fingerprint density at radius 2 is 1.56 bits per heavy atom. The van der Waals surface area contributed by atoms with Crippen molar-refractivity contribution >= 4 is 28.8 Å². The number of ether oxygens (including phenoxy) is 2. The highest BCUT2D eigenvalue weighted by atomic mass is 16.5. The summed E-state index contributed by atoms with van der Waals surface area (Å²) in [4.78, 5) is 29.9. The molecule has 52 heavy (non-hydrogen) atoms. The summed E-state index contributed by atoms with van der Waals surface area (Å²) in [7, 11) is 3.19. The maximum absolute atomic E-state index is 13.6. The second-order valence-corrected chi connectivity index (χ2v) is 12.2. The van der Waals surface area contributed by atoms with E-state index in [2.05, 4.69) is 42.5 Å². The number of benzene rings is 4. The lowest BCUT2D eigenvalue weighted by molar-refractivity contribution is -0.124. The van der Waals surface area contributed by atoms with E-state index in [-0.39, 0.29) is 12.1 Å². The minimum Gasteiger partial charge on any atom is -0.497 e. The molecule has 0 unspecified atom stereocenters. The lowest BCUT2D eigenvalue weighted by atomic mass is 10.0. The highest BCUT2D eigenvalue weighted by Gasteiger charge is 2.25. The van der Waals surface area contributed by atoms with Gasteiger partial charge in [0.1, 0.15) is 29.0 Å². The Balaban J connectivity index is 1.27. The van der Waals surface area contributed by atoms with Gasteiger partial charge in [0.15, 0.2) is 5.82 Å². The van der Waals surface area contributed by atoms with Crippen molar-refractivity contribution in [2.45, 2.75) is 31.8 Å². The number of hydrogen-bond acceptors (Lipinski definition) is 7. The van der Waals surface area contributed by atoms with Crippen LogP contribution in [0.2, 0.25) is 0 Å². The van der Waals surface area contributed by atoms with Crippen LogP contribution in [0.15, 0.2) is 115 Å². The fourth-order valence-corrected chi connectivity index (χ4v) is 6.02. The van der Waals surface area contributed by atoms with Crippen molar-refractivity contribution in [3.63, 3.8) is 0 Å². The predicted octanol–water partition coefficient (Wildman–Crippen LogP) is 5.73. The molecule has 11 nitrogen and oxygen atoms in total. The van der Waals surface area contributed by atoms with Crippen LogP contribution in [0.1, 0.15) is 39.9 Å². The fourth-order valence-electron chi connectivity index (χ4n) is 6.02. The molecule has 0 bridgehead atoms. The smallest absolute Gasteiger partial charge is 0.262 e. The monoisotopic (exact) mass is 693 g/mol. The number of hydrogen-bond donors (Lipinski definition) is 3. The van der Waals surface area contributed by atoms with Gasteiger partial charge in [-0.3, -0.25) is 9.59 Å². The van der Waals surface area contributed by atoms with E-state index in [4.69, 9.17) is 9.47 Å². The molecule has 2 amide bonds. The molecule has 11 heteroatoms. The molecule has 4 aromatic carbocycles. The summed E-state index contributed by atoms with van der Waals surface area (Å²) < 4.78 is 12.6. The van der Waals surface area contributed by atoms with Crippen LogP contribution in [0.3, 0.4) is 0 Å². The second-order valence-electron chi connectivity index (χ2n) is 12.2. The van der Waals surface area contributed by atoms with E-state index in [0.717, 1.165) is 40.0 Å². The fraction of sp³-hybridized carbons (Fsp3) is 0.195. The number of nitrogens with one attached hydrogen (secondary N) is 3. The number of nitriles is 1. The van der Waals surface area contributed by atoms with Crippen LogP contribution in [-0.2, 0) is 35.4 Å². The Morgan fingerprint density at radius 3 is 2.27 bits per heavy atom. The van der Waals surface area contributed by atoms with Gasteiger partial charge in [-0.1, -0.05) is 72.8 Å². The zero-order valence-electron chi connectivity index (χ0n) is 29.0. The van der Waals surface area contributed by atoms with Gasteiger partial charge >= 0.3 is 0 Å². The van der Waals surface area contributed by atoms with Crippen LogP contribution in [0.25, 0.3) is 17.0 Å². The molecule has 1 atom stereocenters. The number of aryl methyl sites for hydroxylation is 2. The van der Waals surface area contributed by atoms with Crippen LogP contribution in [0, 0.1) is 11.3 Å². The van der Waals surface area contributed by atoms with E-state index in [1.54, 1.807) is 38.5 Å². The Bertz CT molecular complexity index is 2200. The van der Waals surface area contributed by atoms with E-state index in [9.17, 15) is 14.9 Å². The molecular formula is C41H39N7O4. The number of aromatic nitrogens is 4. The number of carbonyl (C=O) groups is 2. The lowest BCUT2D eigenvalue weighted by Gasteiger charge is -2.20. The van der Waals surface area contributed by atoms with Gasteiger partial charge in [0.2, 0.25) is 5.91 Å². The minimum atomic E-state index is -0.660. The van der Waals surface area contributed by atoms with Gasteiger partial charge in [-0.25, -0.2) is 0 Å². The summed E-state index contributed by atoms with van der Waals surface area (Å²) >= 11 is 0. The summed E-state index contributed by atoms with van der Waals surface area (Å²) in [5.41, 5.74) is 4.68. The number of nitrogens with zero attached hydrogens (tertiary/aromatic N) is 4. The first kappa shape index (κ1) is 35.2. The molecule has 0 saturated carbocycles. The normalized spacial score (nSPS) is 11.8. The van der Waals surface area contributed by atoms with Gasteiger partial charge in [-0.05, 0) is 65.1 Å². The number of methoxy groups -OCH3 is 2. The number of rotatable bonds is 15. The molecule has 262 valence electrons. The molecule has 0 radical (unpaired) electrons. The van der Waals surface area contributed by atoms with Crippen LogP contribution >= 0.6 is 0 Å². The Kier molecular flexibility index (Phi) is 11.4. The zero-order chi connectivity index (χ0) is 36.3. The summed E-state index contributed by atoms with van der Waals surface area (Å²) in [6, 6.07) is 34.3. The van der Waals surface area contributed by atoms with Crippen molar-refractivity contribution in [3.05, 3.63) is 149 Å². The van der Waals surface area contributed by atoms with E-state index in [1.807, 2.05) is 79.0 Å². The molecule has 0 aliphatic rings. The highest BCUT2D eigenvalue weighted by Crippen LogP contribution is 2.26. The maximum atomic E-state index is 13.6. The Labute approximate surface area is 301 Å². The second kappa shape index (κ2) is 16.8. The Morgan fingerprint density at radius 1 is 0.865 bits per heavy atom. The van der Waals surface area contributed by atoms with E-state index in [1.165, 1.54) is 11.6 Å². The average molecular weight is 694 g/mol. The minimum absolute atomic E-state index is 0.129. The molecule has 2 aromatic heterocycles. The number of fused-ring (bicyclic) bond motifs is 1.